The molecule has 4 nitrogen and oxygen atoms in total. The van der Waals surface area contributed by atoms with Crippen molar-refractivity contribution in [1.29, 1.82) is 0 Å². The van der Waals surface area contributed by atoms with E-state index in [-0.39, 0.29) is 5.56 Å². The van der Waals surface area contributed by atoms with Gasteiger partial charge in [-0.25, -0.2) is 4.98 Å². The van der Waals surface area contributed by atoms with Gasteiger partial charge in [0.2, 0.25) is 0 Å². The number of hydrogen-bond donors (Lipinski definition) is 1. The topological polar surface area (TPSA) is 50.7 Å². The van der Waals surface area contributed by atoms with E-state index in [1.54, 1.807) is 16.3 Å². The Balaban J connectivity index is 1.60. The molecule has 5 rings (SSSR count). The molecule has 32 heavy (non-hydrogen) atoms. The van der Waals surface area contributed by atoms with Crippen molar-refractivity contribution in [2.45, 2.75) is 24.4 Å². The fourth-order valence-corrected chi connectivity index (χ4v) is 4.71. The van der Waals surface area contributed by atoms with Gasteiger partial charge in [-0.3, -0.25) is 9.36 Å². The van der Waals surface area contributed by atoms with Gasteiger partial charge in [-0.1, -0.05) is 102 Å². The smallest absolute Gasteiger partial charge is 0.278 e. The second kappa shape index (κ2) is 8.89. The zero-order valence-corrected chi connectivity index (χ0v) is 18.6. The van der Waals surface area contributed by atoms with E-state index < -0.39 is 0 Å². The third-order valence-corrected chi connectivity index (χ3v) is 6.55. The Morgan fingerprint density at radius 3 is 2.28 bits per heavy atom. The zero-order valence-electron chi connectivity index (χ0n) is 17.8. The molecule has 0 saturated carbocycles. The van der Waals surface area contributed by atoms with Gasteiger partial charge < -0.3 is 4.98 Å². The highest BCUT2D eigenvalue weighted by atomic mass is 32.2. The highest BCUT2D eigenvalue weighted by Crippen LogP contribution is 2.29. The van der Waals surface area contributed by atoms with Crippen LogP contribution in [0.15, 0.2) is 101 Å². The van der Waals surface area contributed by atoms with Crippen molar-refractivity contribution in [3.63, 3.8) is 0 Å². The average molecular weight is 438 g/mol. The molecule has 2 aromatic heterocycles. The highest BCUT2D eigenvalue weighted by Gasteiger charge is 2.17. The largest absolute Gasteiger partial charge is 0.355 e. The van der Waals surface area contributed by atoms with Crippen LogP contribution < -0.4 is 5.56 Å². The van der Waals surface area contributed by atoms with Crippen LogP contribution in [0.25, 0.3) is 22.2 Å². The van der Waals surface area contributed by atoms with Gasteiger partial charge in [0.25, 0.3) is 5.56 Å². The molecule has 0 aliphatic carbocycles. The quantitative estimate of drug-likeness (QED) is 0.260. The number of H-pyrrole nitrogens is 1. The first-order valence-electron chi connectivity index (χ1n) is 10.6. The number of benzene rings is 3. The van der Waals surface area contributed by atoms with E-state index in [1.807, 2.05) is 66.9 Å². The van der Waals surface area contributed by atoms with Gasteiger partial charge in [0.05, 0.1) is 6.54 Å². The third-order valence-electron chi connectivity index (χ3n) is 5.51. The Morgan fingerprint density at radius 1 is 0.875 bits per heavy atom. The van der Waals surface area contributed by atoms with Crippen LogP contribution in [0.1, 0.15) is 16.7 Å². The van der Waals surface area contributed by atoms with Crippen LogP contribution in [0.3, 0.4) is 0 Å². The molecule has 0 radical (unpaired) electrons. The Kier molecular flexibility index (Phi) is 5.65. The van der Waals surface area contributed by atoms with Crippen molar-refractivity contribution in [3.8, 4) is 11.1 Å². The standard InChI is InChI=1S/C27H23N3OS/c1-19-12-14-21(15-13-19)18-32-27-29-24-23(22-10-6-3-7-11-22)16-28-25(24)26(31)30(27)17-20-8-4-2-5-9-20/h2-16,28H,17-18H2,1H3. The zero-order chi connectivity index (χ0) is 21.9. The van der Waals surface area contributed by atoms with Crippen molar-refractivity contribution < 1.29 is 0 Å². The predicted octanol–water partition coefficient (Wildman–Crippen LogP) is 6.04. The lowest BCUT2D eigenvalue weighted by atomic mass is 10.1. The van der Waals surface area contributed by atoms with Gasteiger partial charge in [-0.05, 0) is 23.6 Å². The number of fused-ring (bicyclic) bond motifs is 1. The first kappa shape index (κ1) is 20.3. The molecule has 3 aromatic carbocycles. The van der Waals surface area contributed by atoms with Crippen LogP contribution in [0.5, 0.6) is 0 Å². The molecule has 1 N–H and O–H groups in total. The summed E-state index contributed by atoms with van der Waals surface area (Å²) < 4.78 is 1.78. The van der Waals surface area contributed by atoms with Crippen molar-refractivity contribution in [1.82, 2.24) is 14.5 Å². The van der Waals surface area contributed by atoms with Gasteiger partial charge in [0, 0.05) is 17.5 Å². The van der Waals surface area contributed by atoms with Crippen LogP contribution in [0.2, 0.25) is 0 Å². The molecule has 0 amide bonds. The molecule has 2 heterocycles. The maximum Gasteiger partial charge on any atom is 0.278 e. The van der Waals surface area contributed by atoms with Crippen molar-refractivity contribution >= 4 is 22.8 Å². The van der Waals surface area contributed by atoms with Crippen LogP contribution in [-0.2, 0) is 12.3 Å². The number of rotatable bonds is 6. The minimum absolute atomic E-state index is 0.0487. The van der Waals surface area contributed by atoms with Crippen LogP contribution in [-0.4, -0.2) is 14.5 Å². The molecular formula is C27H23N3OS. The summed E-state index contributed by atoms with van der Waals surface area (Å²) in [5.74, 6) is 0.748. The predicted molar refractivity (Wildman–Crippen MR) is 132 cm³/mol. The summed E-state index contributed by atoms with van der Waals surface area (Å²) in [5, 5.41) is 0.726. The minimum Gasteiger partial charge on any atom is -0.355 e. The highest BCUT2D eigenvalue weighted by molar-refractivity contribution is 7.98. The lowest BCUT2D eigenvalue weighted by molar-refractivity contribution is 0.657. The molecule has 0 aliphatic rings. The summed E-state index contributed by atoms with van der Waals surface area (Å²) >= 11 is 1.60. The number of hydrogen-bond acceptors (Lipinski definition) is 3. The van der Waals surface area contributed by atoms with E-state index >= 15 is 0 Å². The Bertz CT molecular complexity index is 1410. The van der Waals surface area contributed by atoms with E-state index in [0.29, 0.717) is 12.1 Å². The third kappa shape index (κ3) is 4.12. The molecular weight excluding hydrogens is 414 g/mol. The lowest BCUT2D eigenvalue weighted by Crippen LogP contribution is -2.24. The summed E-state index contributed by atoms with van der Waals surface area (Å²) in [7, 11) is 0. The van der Waals surface area contributed by atoms with E-state index in [9.17, 15) is 4.79 Å². The summed E-state index contributed by atoms with van der Waals surface area (Å²) in [5.41, 5.74) is 6.71. The van der Waals surface area contributed by atoms with Crippen molar-refractivity contribution in [2.75, 3.05) is 0 Å². The number of aromatic amines is 1. The fraction of sp³-hybridized carbons (Fsp3) is 0.111. The molecule has 0 saturated heterocycles. The fourth-order valence-electron chi connectivity index (χ4n) is 3.76. The summed E-state index contributed by atoms with van der Waals surface area (Å²) in [6.07, 6.45) is 1.88. The van der Waals surface area contributed by atoms with Gasteiger partial charge in [-0.15, -0.1) is 0 Å². The number of nitrogens with one attached hydrogen (secondary N) is 1. The Morgan fingerprint density at radius 2 is 1.56 bits per heavy atom. The first-order chi connectivity index (χ1) is 15.7. The second-order valence-electron chi connectivity index (χ2n) is 7.84. The summed E-state index contributed by atoms with van der Waals surface area (Å²) in [4.78, 5) is 21.7. The number of nitrogens with zero attached hydrogens (tertiary/aromatic N) is 2. The molecule has 0 bridgehead atoms. The molecule has 158 valence electrons. The number of thioether (sulfide) groups is 1. The molecule has 0 atom stereocenters. The first-order valence-corrected chi connectivity index (χ1v) is 11.6. The van der Waals surface area contributed by atoms with Gasteiger partial charge >= 0.3 is 0 Å². The van der Waals surface area contributed by atoms with E-state index in [0.717, 1.165) is 33.1 Å². The molecule has 0 aliphatic heterocycles. The van der Waals surface area contributed by atoms with Crippen molar-refractivity contribution in [3.05, 3.63) is 118 Å². The monoisotopic (exact) mass is 437 g/mol. The van der Waals surface area contributed by atoms with E-state index in [2.05, 4.69) is 36.2 Å². The molecule has 5 heteroatoms. The summed E-state index contributed by atoms with van der Waals surface area (Å²) in [6, 6.07) is 28.6. The SMILES string of the molecule is Cc1ccc(CSc2nc3c(-c4ccccc4)c[nH]c3c(=O)n2Cc2ccccc2)cc1. The second-order valence-corrected chi connectivity index (χ2v) is 8.78. The Labute approximate surface area is 191 Å². The normalized spacial score (nSPS) is 11.2. The number of aromatic nitrogens is 3. The summed E-state index contributed by atoms with van der Waals surface area (Å²) in [6.45, 7) is 2.57. The Hall–Kier alpha value is -3.57. The van der Waals surface area contributed by atoms with Crippen LogP contribution >= 0.6 is 11.8 Å². The average Bonchev–Trinajstić information content (AvgIpc) is 3.26. The van der Waals surface area contributed by atoms with Gasteiger partial charge in [-0.2, -0.15) is 0 Å². The van der Waals surface area contributed by atoms with E-state index in [1.165, 1.54) is 11.1 Å². The van der Waals surface area contributed by atoms with Crippen LogP contribution in [0.4, 0.5) is 0 Å². The molecule has 5 aromatic rings. The van der Waals surface area contributed by atoms with Crippen LogP contribution in [0, 0.1) is 6.92 Å². The van der Waals surface area contributed by atoms with Crippen molar-refractivity contribution in [2.24, 2.45) is 0 Å². The molecule has 0 spiro atoms. The molecule has 0 unspecified atom stereocenters. The molecule has 0 fully saturated rings. The number of aryl methyl sites for hydroxylation is 1. The maximum atomic E-state index is 13.5. The van der Waals surface area contributed by atoms with Gasteiger partial charge in [0.15, 0.2) is 5.16 Å². The minimum atomic E-state index is -0.0487. The van der Waals surface area contributed by atoms with E-state index in [4.69, 9.17) is 4.98 Å². The van der Waals surface area contributed by atoms with Gasteiger partial charge in [0.1, 0.15) is 11.0 Å². The maximum absolute atomic E-state index is 13.5. The lowest BCUT2D eigenvalue weighted by Gasteiger charge is -2.13.